The molecule has 2 aromatic rings. The number of hydrogen-bond donors (Lipinski definition) is 0. The van der Waals surface area contributed by atoms with Crippen LogP contribution in [0.4, 0.5) is 4.39 Å². The van der Waals surface area contributed by atoms with E-state index in [9.17, 15) is 4.39 Å². The minimum absolute atomic E-state index is 0.289. The van der Waals surface area contributed by atoms with Crippen molar-refractivity contribution in [3.63, 3.8) is 0 Å². The predicted molar refractivity (Wildman–Crippen MR) is 67.7 cm³/mol. The third kappa shape index (κ3) is 3.17. The smallest absolute Gasteiger partial charge is 0.135 e. The van der Waals surface area contributed by atoms with Crippen LogP contribution >= 0.6 is 27.5 Å². The molecule has 0 bridgehead atoms. The van der Waals surface area contributed by atoms with E-state index >= 15 is 0 Å². The average Bonchev–Trinajstić information content (AvgIpc) is 2.30. The van der Waals surface area contributed by atoms with E-state index in [1.165, 1.54) is 12.1 Å². The molecule has 0 spiro atoms. The van der Waals surface area contributed by atoms with Gasteiger partial charge in [0.2, 0.25) is 0 Å². The van der Waals surface area contributed by atoms with E-state index in [2.05, 4.69) is 20.9 Å². The number of nitrogens with zero attached hydrogens (tertiary/aromatic N) is 1. The first-order chi connectivity index (χ1) is 8.16. The van der Waals surface area contributed by atoms with Gasteiger partial charge in [0, 0.05) is 11.8 Å². The van der Waals surface area contributed by atoms with Crippen LogP contribution in [0.1, 0.15) is 5.56 Å². The second kappa shape index (κ2) is 5.47. The van der Waals surface area contributed by atoms with Crippen molar-refractivity contribution < 1.29 is 9.13 Å². The highest BCUT2D eigenvalue weighted by atomic mass is 79.9. The summed E-state index contributed by atoms with van der Waals surface area (Å²) in [4.78, 5) is 3.94. The number of halogens is 3. The van der Waals surface area contributed by atoms with Gasteiger partial charge in [-0.05, 0) is 40.2 Å². The molecule has 1 aromatic carbocycles. The van der Waals surface area contributed by atoms with Crippen LogP contribution in [0.2, 0.25) is 5.15 Å². The fourth-order valence-electron chi connectivity index (χ4n) is 1.27. The Bertz CT molecular complexity index is 536. The summed E-state index contributed by atoms with van der Waals surface area (Å²) in [5.74, 6) is 0.245. The van der Waals surface area contributed by atoms with Gasteiger partial charge in [-0.25, -0.2) is 9.37 Å². The molecule has 0 N–H and O–H groups in total. The first-order valence-corrected chi connectivity index (χ1v) is 6.01. The number of aromatic nitrogens is 1. The van der Waals surface area contributed by atoms with Crippen molar-refractivity contribution in [2.75, 3.05) is 0 Å². The molecule has 0 radical (unpaired) electrons. The Kier molecular flexibility index (Phi) is 3.97. The Hall–Kier alpha value is -1.13. The van der Waals surface area contributed by atoms with Crippen molar-refractivity contribution >= 4 is 27.5 Å². The molecule has 1 aromatic heterocycles. The average molecular weight is 317 g/mol. The highest BCUT2D eigenvalue weighted by Crippen LogP contribution is 2.26. The van der Waals surface area contributed by atoms with E-state index in [-0.39, 0.29) is 12.4 Å². The van der Waals surface area contributed by atoms with E-state index in [4.69, 9.17) is 16.3 Å². The van der Waals surface area contributed by atoms with Crippen LogP contribution in [-0.2, 0) is 6.61 Å². The Morgan fingerprint density at radius 2 is 2.18 bits per heavy atom. The van der Waals surface area contributed by atoms with Gasteiger partial charge >= 0.3 is 0 Å². The number of benzene rings is 1. The molecule has 0 saturated heterocycles. The summed E-state index contributed by atoms with van der Waals surface area (Å²) >= 11 is 9.12. The second-order valence-electron chi connectivity index (χ2n) is 3.32. The molecule has 0 aliphatic carbocycles. The number of ether oxygens (including phenoxy) is 1. The zero-order valence-electron chi connectivity index (χ0n) is 8.66. The highest BCUT2D eigenvalue weighted by Gasteiger charge is 2.05. The van der Waals surface area contributed by atoms with Crippen molar-refractivity contribution in [3.05, 3.63) is 57.5 Å². The molecular weight excluding hydrogens is 308 g/mol. The van der Waals surface area contributed by atoms with Gasteiger partial charge in [0.25, 0.3) is 0 Å². The van der Waals surface area contributed by atoms with Crippen LogP contribution in [0.3, 0.4) is 0 Å². The van der Waals surface area contributed by atoms with Crippen molar-refractivity contribution in [1.29, 1.82) is 0 Å². The van der Waals surface area contributed by atoms with Gasteiger partial charge in [0.05, 0.1) is 4.47 Å². The third-order valence-corrected chi connectivity index (χ3v) is 3.07. The van der Waals surface area contributed by atoms with E-state index in [0.29, 0.717) is 15.4 Å². The minimum atomic E-state index is -0.316. The monoisotopic (exact) mass is 315 g/mol. The molecule has 0 amide bonds. The lowest BCUT2D eigenvalue weighted by atomic mass is 10.3. The van der Waals surface area contributed by atoms with Crippen molar-refractivity contribution in [1.82, 2.24) is 4.98 Å². The fourth-order valence-corrected chi connectivity index (χ4v) is 1.91. The molecular formula is C12H8BrClFNO. The van der Waals surface area contributed by atoms with Gasteiger partial charge in [-0.1, -0.05) is 17.7 Å². The number of hydrogen-bond acceptors (Lipinski definition) is 2. The molecule has 0 unspecified atom stereocenters. The number of rotatable bonds is 3. The van der Waals surface area contributed by atoms with Crippen LogP contribution in [0.25, 0.3) is 0 Å². The Morgan fingerprint density at radius 1 is 1.35 bits per heavy atom. The standard InChI is InChI=1S/C12H8BrClFNO/c13-10-6-9(15)3-4-11(10)17-7-8-2-1-5-16-12(8)14/h1-6H,7H2. The van der Waals surface area contributed by atoms with Crippen molar-refractivity contribution in [2.24, 2.45) is 0 Å². The molecule has 1 heterocycles. The maximum absolute atomic E-state index is 12.9. The van der Waals surface area contributed by atoms with Crippen molar-refractivity contribution in [2.45, 2.75) is 6.61 Å². The molecule has 0 aliphatic rings. The van der Waals surface area contributed by atoms with Crippen LogP contribution in [0, 0.1) is 5.82 Å². The summed E-state index contributed by atoms with van der Waals surface area (Å²) in [6, 6.07) is 7.85. The first-order valence-electron chi connectivity index (χ1n) is 4.84. The van der Waals surface area contributed by atoms with E-state index < -0.39 is 0 Å². The summed E-state index contributed by atoms with van der Waals surface area (Å²) in [6.07, 6.45) is 1.61. The van der Waals surface area contributed by atoms with Gasteiger partial charge in [-0.15, -0.1) is 0 Å². The Balaban J connectivity index is 2.10. The lowest BCUT2D eigenvalue weighted by molar-refractivity contribution is 0.303. The predicted octanol–water partition coefficient (Wildman–Crippen LogP) is 4.22. The molecule has 2 rings (SSSR count). The summed E-state index contributed by atoms with van der Waals surface area (Å²) in [7, 11) is 0. The zero-order chi connectivity index (χ0) is 12.3. The normalized spacial score (nSPS) is 10.3. The second-order valence-corrected chi connectivity index (χ2v) is 4.53. The van der Waals surface area contributed by atoms with E-state index in [1.54, 1.807) is 18.3 Å². The molecule has 0 fully saturated rings. The molecule has 88 valence electrons. The topological polar surface area (TPSA) is 22.1 Å². The number of pyridine rings is 1. The molecule has 0 atom stereocenters. The molecule has 2 nitrogen and oxygen atoms in total. The Morgan fingerprint density at radius 3 is 2.88 bits per heavy atom. The highest BCUT2D eigenvalue weighted by molar-refractivity contribution is 9.10. The van der Waals surface area contributed by atoms with Crippen LogP contribution in [-0.4, -0.2) is 4.98 Å². The summed E-state index contributed by atoms with van der Waals surface area (Å²) in [5.41, 5.74) is 0.783. The van der Waals surface area contributed by atoms with Crippen LogP contribution in [0.5, 0.6) is 5.75 Å². The Labute approximate surface area is 112 Å². The van der Waals surface area contributed by atoms with E-state index in [0.717, 1.165) is 5.56 Å². The molecule has 0 aliphatic heterocycles. The molecule has 17 heavy (non-hydrogen) atoms. The fraction of sp³-hybridized carbons (Fsp3) is 0.0833. The largest absolute Gasteiger partial charge is 0.488 e. The summed E-state index contributed by atoms with van der Waals surface area (Å²) < 4.78 is 18.9. The maximum Gasteiger partial charge on any atom is 0.135 e. The summed E-state index contributed by atoms with van der Waals surface area (Å²) in [5, 5.41) is 0.408. The maximum atomic E-state index is 12.9. The van der Waals surface area contributed by atoms with Crippen LogP contribution in [0.15, 0.2) is 41.0 Å². The quantitative estimate of drug-likeness (QED) is 0.791. The lowest BCUT2D eigenvalue weighted by Gasteiger charge is -2.08. The summed E-state index contributed by atoms with van der Waals surface area (Å²) in [6.45, 7) is 0.289. The lowest BCUT2D eigenvalue weighted by Crippen LogP contribution is -1.98. The SMILES string of the molecule is Fc1ccc(OCc2cccnc2Cl)c(Br)c1. The van der Waals surface area contributed by atoms with Crippen molar-refractivity contribution in [3.8, 4) is 5.75 Å². The van der Waals surface area contributed by atoms with Gasteiger partial charge < -0.3 is 4.74 Å². The minimum Gasteiger partial charge on any atom is -0.488 e. The zero-order valence-corrected chi connectivity index (χ0v) is 11.0. The first kappa shape index (κ1) is 12.3. The van der Waals surface area contributed by atoms with E-state index in [1.807, 2.05) is 6.07 Å². The third-order valence-electron chi connectivity index (χ3n) is 2.11. The molecule has 5 heteroatoms. The molecule has 0 saturated carbocycles. The van der Waals surface area contributed by atoms with Gasteiger partial charge in [0.15, 0.2) is 0 Å². The van der Waals surface area contributed by atoms with Gasteiger partial charge in [0.1, 0.15) is 23.3 Å². The van der Waals surface area contributed by atoms with Gasteiger partial charge in [-0.3, -0.25) is 0 Å². The van der Waals surface area contributed by atoms with Gasteiger partial charge in [-0.2, -0.15) is 0 Å². The van der Waals surface area contributed by atoms with Crippen LogP contribution < -0.4 is 4.74 Å².